The molecule has 0 bridgehead atoms. The van der Waals surface area contributed by atoms with Gasteiger partial charge in [0.2, 0.25) is 0 Å². The van der Waals surface area contributed by atoms with E-state index in [1.807, 2.05) is 11.4 Å². The van der Waals surface area contributed by atoms with Gasteiger partial charge in [0.25, 0.3) is 11.8 Å². The van der Waals surface area contributed by atoms with E-state index in [-0.39, 0.29) is 25.0 Å². The molecule has 2 heterocycles. The first-order valence-corrected chi connectivity index (χ1v) is 7.71. The van der Waals surface area contributed by atoms with Crippen LogP contribution in [0.5, 0.6) is 0 Å². The quantitative estimate of drug-likeness (QED) is 0.699. The summed E-state index contributed by atoms with van der Waals surface area (Å²) in [6.45, 7) is 0.248. The molecule has 0 fully saturated rings. The van der Waals surface area contributed by atoms with Gasteiger partial charge in [-0.3, -0.25) is 14.5 Å². The Hall–Kier alpha value is -2.42. The van der Waals surface area contributed by atoms with E-state index in [2.05, 4.69) is 11.8 Å². The second-order valence-electron chi connectivity index (χ2n) is 4.77. The largest absolute Gasteiger partial charge is 0.395 e. The van der Waals surface area contributed by atoms with E-state index in [1.54, 1.807) is 24.3 Å². The van der Waals surface area contributed by atoms with Crippen molar-refractivity contribution >= 4 is 23.2 Å². The van der Waals surface area contributed by atoms with Crippen LogP contribution < -0.4 is 0 Å². The molecule has 1 aliphatic heterocycles. The van der Waals surface area contributed by atoms with Gasteiger partial charge in [0.05, 0.1) is 24.3 Å². The lowest BCUT2D eigenvalue weighted by Crippen LogP contribution is -2.28. The summed E-state index contributed by atoms with van der Waals surface area (Å²) in [5.41, 5.74) is 1.71. The van der Waals surface area contributed by atoms with Crippen molar-refractivity contribution in [3.63, 3.8) is 0 Å². The third kappa shape index (κ3) is 2.54. The van der Waals surface area contributed by atoms with Gasteiger partial charge in [0.1, 0.15) is 0 Å². The summed E-state index contributed by atoms with van der Waals surface area (Å²) in [4.78, 5) is 26.8. The molecule has 1 aromatic carbocycles. The topological polar surface area (TPSA) is 57.6 Å². The maximum Gasteiger partial charge on any atom is 0.261 e. The second kappa shape index (κ2) is 6.14. The molecule has 1 aromatic heterocycles. The standard InChI is InChI=1S/C17H13NO3S/c19-9-4-3-5-12-8-10-22-15(12)11-18-16(20)13-6-1-2-7-14(13)17(18)21/h1-2,6-8,10,19H,4,9,11H2. The number of aliphatic hydroxyl groups excluding tert-OH is 1. The molecular weight excluding hydrogens is 298 g/mol. The van der Waals surface area contributed by atoms with Crippen LogP contribution in [0, 0.1) is 11.8 Å². The van der Waals surface area contributed by atoms with Crippen molar-refractivity contribution in [2.75, 3.05) is 6.61 Å². The number of rotatable bonds is 3. The van der Waals surface area contributed by atoms with Crippen LogP contribution in [-0.2, 0) is 6.54 Å². The minimum absolute atomic E-state index is 0.0187. The second-order valence-corrected chi connectivity index (χ2v) is 5.78. The van der Waals surface area contributed by atoms with E-state index in [0.29, 0.717) is 17.5 Å². The molecule has 1 N–H and O–H groups in total. The van der Waals surface area contributed by atoms with Crippen LogP contribution in [0.1, 0.15) is 37.6 Å². The monoisotopic (exact) mass is 311 g/mol. The molecule has 0 radical (unpaired) electrons. The molecule has 0 unspecified atom stereocenters. The third-order valence-corrected chi connectivity index (χ3v) is 4.29. The normalized spacial score (nSPS) is 13.0. The van der Waals surface area contributed by atoms with E-state index in [9.17, 15) is 9.59 Å². The molecule has 5 heteroatoms. The summed E-state index contributed by atoms with van der Waals surface area (Å²) < 4.78 is 0. The Morgan fingerprint density at radius 1 is 1.09 bits per heavy atom. The Morgan fingerprint density at radius 3 is 2.41 bits per heavy atom. The summed E-state index contributed by atoms with van der Waals surface area (Å²) >= 11 is 1.47. The molecule has 1 aliphatic rings. The molecule has 4 nitrogen and oxygen atoms in total. The number of hydrogen-bond donors (Lipinski definition) is 1. The zero-order chi connectivity index (χ0) is 15.5. The number of carbonyl (C=O) groups excluding carboxylic acids is 2. The van der Waals surface area contributed by atoms with Crippen LogP contribution >= 0.6 is 11.3 Å². The van der Waals surface area contributed by atoms with Crippen LogP contribution in [0.2, 0.25) is 0 Å². The Kier molecular flexibility index (Phi) is 4.05. The Bertz CT molecular complexity index is 762. The minimum atomic E-state index is -0.261. The SMILES string of the molecule is O=C1c2ccccc2C(=O)N1Cc1sccc1C#CCCO. The molecule has 3 rings (SSSR count). The summed E-state index contributed by atoms with van der Waals surface area (Å²) in [6, 6.07) is 8.72. The van der Waals surface area contributed by atoms with Crippen molar-refractivity contribution in [3.05, 3.63) is 57.3 Å². The third-order valence-electron chi connectivity index (χ3n) is 3.39. The average Bonchev–Trinajstić information content (AvgIpc) is 3.07. The zero-order valence-electron chi connectivity index (χ0n) is 11.7. The molecule has 22 heavy (non-hydrogen) atoms. The number of aliphatic hydroxyl groups is 1. The number of thiophene rings is 1. The number of carbonyl (C=O) groups is 2. The van der Waals surface area contributed by atoms with Gasteiger partial charge >= 0.3 is 0 Å². The van der Waals surface area contributed by atoms with Crippen molar-refractivity contribution in [2.45, 2.75) is 13.0 Å². The zero-order valence-corrected chi connectivity index (χ0v) is 12.5. The highest BCUT2D eigenvalue weighted by Gasteiger charge is 2.35. The maximum atomic E-state index is 12.3. The average molecular weight is 311 g/mol. The van der Waals surface area contributed by atoms with Crippen molar-refractivity contribution in [1.82, 2.24) is 4.90 Å². The predicted octanol–water partition coefficient (Wildman–Crippen LogP) is 2.28. The number of hydrogen-bond acceptors (Lipinski definition) is 4. The predicted molar refractivity (Wildman–Crippen MR) is 83.5 cm³/mol. The van der Waals surface area contributed by atoms with E-state index >= 15 is 0 Å². The van der Waals surface area contributed by atoms with Gasteiger partial charge in [-0.25, -0.2) is 0 Å². The fourth-order valence-corrected chi connectivity index (χ4v) is 3.13. The lowest BCUT2D eigenvalue weighted by atomic mass is 10.1. The van der Waals surface area contributed by atoms with Crippen molar-refractivity contribution in [2.24, 2.45) is 0 Å². The summed E-state index contributed by atoms with van der Waals surface area (Å²) in [5, 5.41) is 10.7. The number of nitrogens with zero attached hydrogens (tertiary/aromatic N) is 1. The molecule has 2 aromatic rings. The maximum absolute atomic E-state index is 12.3. The number of fused-ring (bicyclic) bond motifs is 1. The highest BCUT2D eigenvalue weighted by molar-refractivity contribution is 7.10. The van der Waals surface area contributed by atoms with Crippen LogP contribution in [0.4, 0.5) is 0 Å². The smallest absolute Gasteiger partial charge is 0.261 e. The molecule has 2 amide bonds. The number of benzene rings is 1. The van der Waals surface area contributed by atoms with Crippen molar-refractivity contribution in [1.29, 1.82) is 0 Å². The molecule has 0 atom stereocenters. The summed E-state index contributed by atoms with van der Waals surface area (Å²) in [5.74, 6) is 5.31. The molecule has 110 valence electrons. The van der Waals surface area contributed by atoms with Crippen LogP contribution in [0.15, 0.2) is 35.7 Å². The van der Waals surface area contributed by atoms with E-state index in [1.165, 1.54) is 16.2 Å². The van der Waals surface area contributed by atoms with E-state index in [0.717, 1.165) is 10.4 Å². The van der Waals surface area contributed by atoms with Gasteiger partial charge in [-0.05, 0) is 23.6 Å². The summed E-state index contributed by atoms with van der Waals surface area (Å²) in [7, 11) is 0. The van der Waals surface area contributed by atoms with E-state index in [4.69, 9.17) is 5.11 Å². The van der Waals surface area contributed by atoms with Crippen molar-refractivity contribution in [3.8, 4) is 11.8 Å². The Morgan fingerprint density at radius 2 is 1.77 bits per heavy atom. The van der Waals surface area contributed by atoms with Gasteiger partial charge in [0, 0.05) is 16.9 Å². The summed E-state index contributed by atoms with van der Waals surface area (Å²) in [6.07, 6.45) is 0.405. The van der Waals surface area contributed by atoms with Crippen LogP contribution in [-0.4, -0.2) is 28.4 Å². The lowest BCUT2D eigenvalue weighted by Gasteiger charge is -2.12. The van der Waals surface area contributed by atoms with Gasteiger partial charge in [-0.15, -0.1) is 11.3 Å². The molecule has 0 saturated carbocycles. The highest BCUT2D eigenvalue weighted by Crippen LogP contribution is 2.26. The fraction of sp³-hybridized carbons (Fsp3) is 0.176. The number of amides is 2. The minimum Gasteiger partial charge on any atom is -0.395 e. The Labute approximate surface area is 132 Å². The first-order chi connectivity index (χ1) is 10.7. The molecule has 0 aliphatic carbocycles. The molecular formula is C17H13NO3S. The van der Waals surface area contributed by atoms with Crippen molar-refractivity contribution < 1.29 is 14.7 Å². The fourth-order valence-electron chi connectivity index (χ4n) is 2.31. The lowest BCUT2D eigenvalue weighted by molar-refractivity contribution is 0.0644. The van der Waals surface area contributed by atoms with Gasteiger partial charge in [-0.2, -0.15) is 0 Å². The van der Waals surface area contributed by atoms with Gasteiger partial charge in [-0.1, -0.05) is 24.0 Å². The molecule has 0 spiro atoms. The van der Waals surface area contributed by atoms with Gasteiger partial charge < -0.3 is 5.11 Å². The van der Waals surface area contributed by atoms with Crippen LogP contribution in [0.3, 0.4) is 0 Å². The first kappa shape index (κ1) is 14.5. The van der Waals surface area contributed by atoms with Crippen LogP contribution in [0.25, 0.3) is 0 Å². The molecule has 0 saturated heterocycles. The van der Waals surface area contributed by atoms with Gasteiger partial charge in [0.15, 0.2) is 0 Å². The van der Waals surface area contributed by atoms with E-state index < -0.39 is 0 Å². The Balaban J connectivity index is 1.84. The first-order valence-electron chi connectivity index (χ1n) is 6.83. The number of imide groups is 1. The highest BCUT2D eigenvalue weighted by atomic mass is 32.1.